The Morgan fingerprint density at radius 1 is 1.00 bits per heavy atom. The number of halogens is 1. The Labute approximate surface area is 35.6 Å². The fourth-order valence-electron chi connectivity index (χ4n) is 0. The summed E-state index contributed by atoms with van der Waals surface area (Å²) < 4.78 is 0. The van der Waals surface area contributed by atoms with Gasteiger partial charge in [0.1, 0.15) is 0 Å². The van der Waals surface area contributed by atoms with Crippen LogP contribution in [0.2, 0.25) is 0 Å². The fraction of sp³-hybridized carbons (Fsp3) is 0. The molecule has 5 heteroatoms. The van der Waals surface area contributed by atoms with E-state index in [2.05, 4.69) is 5.90 Å². The Hall–Kier alpha value is 0.130. The molecule has 0 aromatic carbocycles. The van der Waals surface area contributed by atoms with Crippen LogP contribution in [-0.2, 0) is 0 Å². The third-order valence-corrected chi connectivity index (χ3v) is 0. The summed E-state index contributed by atoms with van der Waals surface area (Å²) in [4.78, 5) is 0. The summed E-state index contributed by atoms with van der Waals surface area (Å²) in [6.07, 6.45) is 0. The van der Waals surface area contributed by atoms with Crippen molar-refractivity contribution in [2.24, 2.45) is 5.90 Å². The fourth-order valence-corrected chi connectivity index (χ4v) is 0. The first-order valence-electron chi connectivity index (χ1n) is 0.258. The molecule has 0 aliphatic heterocycles. The zero-order valence-corrected chi connectivity index (χ0v) is 3.25. The molecule has 0 heterocycles. The smallest absolute Gasteiger partial charge is 0.147 e. The zero-order chi connectivity index (χ0) is 2.00. The third kappa shape index (κ3) is 1110. The van der Waals surface area contributed by atoms with E-state index >= 15 is 0 Å². The van der Waals surface area contributed by atoms with E-state index in [1.807, 2.05) is 0 Å². The van der Waals surface area contributed by atoms with Crippen molar-refractivity contribution in [3.05, 3.63) is 0 Å². The van der Waals surface area contributed by atoms with Gasteiger partial charge in [0, 0.05) is 0 Å². The minimum atomic E-state index is 0. The van der Waals surface area contributed by atoms with E-state index in [-0.39, 0.29) is 23.4 Å². The second kappa shape index (κ2) is 2390. The number of hydrogen-bond acceptors (Lipinski definition) is 2. The van der Waals surface area contributed by atoms with Gasteiger partial charge < -0.3 is 16.2 Å². The summed E-state index contributed by atoms with van der Waals surface area (Å²) in [7, 11) is 0. The van der Waals surface area contributed by atoms with Gasteiger partial charge in [0.15, 0.2) is 0 Å². The van der Waals surface area contributed by atoms with Crippen molar-refractivity contribution in [3.8, 4) is 0 Å². The molecule has 0 fully saturated rings. The van der Waals surface area contributed by atoms with Gasteiger partial charge in [0.2, 0.25) is 0 Å². The molecule has 5 heavy (non-hydrogen) atoms. The van der Waals surface area contributed by atoms with Gasteiger partial charge >= 0.3 is 0 Å². The first-order valence-corrected chi connectivity index (χ1v) is 0.258. The quantitative estimate of drug-likeness (QED) is 0.351. The maximum Gasteiger partial charge on any atom is -0.147 e. The first kappa shape index (κ1) is 68.5. The zero-order valence-electron chi connectivity index (χ0n) is 2.43. The van der Waals surface area contributed by atoms with Crippen LogP contribution < -0.4 is 5.90 Å². The third-order valence-electron chi connectivity index (χ3n) is 0. The summed E-state index contributed by atoms with van der Waals surface area (Å²) in [6.45, 7) is 0. The van der Waals surface area contributed by atoms with Gasteiger partial charge in [0.25, 0.3) is 0 Å². The van der Waals surface area contributed by atoms with Crippen LogP contribution in [0.3, 0.4) is 0 Å². The SMILES string of the molecule is Cl.NO.O.O. The van der Waals surface area contributed by atoms with E-state index < -0.39 is 0 Å². The lowest BCUT2D eigenvalue weighted by molar-refractivity contribution is 0.311. The standard InChI is InChI=1S/ClH.H3NO.2H2O/c;1-2;;/h1H;2H,1H2;2*1H2. The van der Waals surface area contributed by atoms with Crippen molar-refractivity contribution in [1.29, 1.82) is 0 Å². The second-order valence-electron chi connectivity index (χ2n) is 0. The monoisotopic (exact) mass is 105 g/mol. The van der Waals surface area contributed by atoms with E-state index in [0.717, 1.165) is 0 Å². The molecular weight excluding hydrogens is 97.5 g/mol. The molecule has 0 aliphatic rings. The van der Waals surface area contributed by atoms with Gasteiger partial charge in [-0.2, -0.15) is 0 Å². The van der Waals surface area contributed by atoms with E-state index in [0.29, 0.717) is 0 Å². The lowest BCUT2D eigenvalue weighted by atomic mass is 13.6. The van der Waals surface area contributed by atoms with Gasteiger partial charge in [-0.1, -0.05) is 0 Å². The molecule has 7 N–H and O–H groups in total. The van der Waals surface area contributed by atoms with Crippen LogP contribution in [0, 0.1) is 0 Å². The average Bonchev–Trinajstić information content (AvgIpc) is 1.00. The van der Waals surface area contributed by atoms with Crippen LogP contribution in [0.5, 0.6) is 0 Å². The molecule has 0 rings (SSSR count). The van der Waals surface area contributed by atoms with Gasteiger partial charge in [-0.15, -0.1) is 12.4 Å². The van der Waals surface area contributed by atoms with Gasteiger partial charge in [0.05, 0.1) is 0 Å². The number of nitrogens with two attached hydrogens (primary N) is 1. The van der Waals surface area contributed by atoms with Crippen molar-refractivity contribution in [3.63, 3.8) is 0 Å². The highest BCUT2D eigenvalue weighted by Gasteiger charge is 0.732. The molecule has 0 atom stereocenters. The number of hydrogen-bond donors (Lipinski definition) is 2. The molecule has 0 saturated carbocycles. The van der Waals surface area contributed by atoms with Gasteiger partial charge in [-0.3, -0.25) is 0 Å². The highest BCUT2D eigenvalue weighted by atomic mass is 35.5. The maximum atomic E-state index is 6.50. The Balaban J connectivity index is -0.00000000167. The first-order chi connectivity index (χ1) is 1.00. The summed E-state index contributed by atoms with van der Waals surface area (Å²) >= 11 is 0. The molecule has 0 spiro atoms. The van der Waals surface area contributed by atoms with Crippen molar-refractivity contribution in [2.75, 3.05) is 0 Å². The molecule has 0 aromatic rings. The lowest BCUT2D eigenvalue weighted by Crippen LogP contribution is -1.72. The Morgan fingerprint density at radius 2 is 1.00 bits per heavy atom. The summed E-state index contributed by atoms with van der Waals surface area (Å²) in [5, 5.41) is 6.50. The highest BCUT2D eigenvalue weighted by Crippen LogP contribution is 0.690. The van der Waals surface area contributed by atoms with Crippen molar-refractivity contribution in [1.82, 2.24) is 0 Å². The van der Waals surface area contributed by atoms with Crippen LogP contribution in [-0.4, -0.2) is 16.2 Å². The van der Waals surface area contributed by atoms with Gasteiger partial charge in [-0.05, 0) is 0 Å². The van der Waals surface area contributed by atoms with E-state index in [9.17, 15) is 0 Å². The van der Waals surface area contributed by atoms with Crippen molar-refractivity contribution < 1.29 is 16.2 Å². The Bertz CT molecular complexity index is 6.85. The number of rotatable bonds is 0. The highest BCUT2D eigenvalue weighted by molar-refractivity contribution is 5.85. The lowest BCUT2D eigenvalue weighted by Gasteiger charge is -1.27. The van der Waals surface area contributed by atoms with Crippen molar-refractivity contribution in [2.45, 2.75) is 0 Å². The van der Waals surface area contributed by atoms with Crippen LogP contribution in [0.4, 0.5) is 0 Å². The molecule has 0 radical (unpaired) electrons. The molecular formula is H8ClNO3. The van der Waals surface area contributed by atoms with Crippen LogP contribution >= 0.6 is 12.4 Å². The Kier molecular flexibility index (Phi) is 32800. The predicted molar refractivity (Wildman–Crippen MR) is 20.4 cm³/mol. The van der Waals surface area contributed by atoms with E-state index in [1.54, 1.807) is 0 Å². The van der Waals surface area contributed by atoms with Crippen molar-refractivity contribution >= 4 is 12.4 Å². The Morgan fingerprint density at radius 3 is 1.00 bits per heavy atom. The summed E-state index contributed by atoms with van der Waals surface area (Å²) in [5.74, 6) is 3.50. The minimum Gasteiger partial charge on any atom is -0.412 e. The molecule has 0 unspecified atom stereocenters. The molecule has 0 saturated heterocycles. The second-order valence-corrected chi connectivity index (χ2v) is 0. The van der Waals surface area contributed by atoms with Crippen LogP contribution in [0.15, 0.2) is 0 Å². The van der Waals surface area contributed by atoms with E-state index in [1.165, 1.54) is 0 Å². The van der Waals surface area contributed by atoms with E-state index in [4.69, 9.17) is 5.21 Å². The topological polar surface area (TPSA) is 109 Å². The molecule has 0 amide bonds. The summed E-state index contributed by atoms with van der Waals surface area (Å²) in [6, 6.07) is 0. The molecule has 0 aliphatic carbocycles. The largest absolute Gasteiger partial charge is 0.412 e. The maximum absolute atomic E-state index is 6.50. The molecule has 0 aromatic heterocycles. The molecule has 4 nitrogen and oxygen atoms in total. The minimum absolute atomic E-state index is 0. The summed E-state index contributed by atoms with van der Waals surface area (Å²) in [5.41, 5.74) is 0. The predicted octanol–water partition coefficient (Wildman–Crippen LogP) is -1.89. The molecule has 38 valence electrons. The van der Waals surface area contributed by atoms with Crippen LogP contribution in [0.25, 0.3) is 0 Å². The average molecular weight is 106 g/mol. The van der Waals surface area contributed by atoms with Gasteiger partial charge in [-0.25, -0.2) is 5.90 Å². The molecule has 0 bridgehead atoms. The normalized spacial score (nSPS) is 1.20. The van der Waals surface area contributed by atoms with Crippen LogP contribution in [0.1, 0.15) is 0 Å².